The van der Waals surface area contributed by atoms with E-state index in [-0.39, 0.29) is 0 Å². The van der Waals surface area contributed by atoms with Crippen LogP contribution in [0, 0.1) is 5.41 Å². The van der Waals surface area contributed by atoms with Gasteiger partial charge in [0.25, 0.3) is 0 Å². The number of rotatable bonds is 3. The molecule has 0 N–H and O–H groups in total. The van der Waals surface area contributed by atoms with E-state index in [4.69, 9.17) is 0 Å². The molecule has 0 nitrogen and oxygen atoms in total. The number of allylic oxidation sites excluding steroid dienone is 1. The van der Waals surface area contributed by atoms with E-state index in [0.29, 0.717) is 0 Å². The third-order valence-electron chi connectivity index (χ3n) is 0.515. The molecule has 0 bridgehead atoms. The Balaban J connectivity index is 2.78. The van der Waals surface area contributed by atoms with Crippen molar-refractivity contribution in [3.8, 4) is 0 Å². The molecule has 0 heterocycles. The van der Waals surface area contributed by atoms with Crippen molar-refractivity contribution < 1.29 is 0 Å². The Kier molecular flexibility index (Phi) is 6.17. The van der Waals surface area contributed by atoms with Crippen LogP contribution in [-0.2, 0) is 0 Å². The second-order valence-corrected chi connectivity index (χ2v) is 2.26. The lowest BCUT2D eigenvalue weighted by atomic mass is 10.5. The molecular weight excluding hydrogens is 104 g/mol. The standard InChI is InChI=1S/C6H11S/c1-3-5-6-7-4-2/h5H,3-4H2,1-2H3. The zero-order chi connectivity index (χ0) is 5.54. The van der Waals surface area contributed by atoms with Crippen LogP contribution in [-0.4, -0.2) is 5.75 Å². The molecule has 0 aromatic rings. The van der Waals surface area contributed by atoms with E-state index in [1.165, 1.54) is 0 Å². The predicted octanol–water partition coefficient (Wildman–Crippen LogP) is 2.47. The molecule has 0 aromatic carbocycles. The molecule has 1 heteroatoms. The van der Waals surface area contributed by atoms with Crippen molar-refractivity contribution in [1.29, 1.82) is 0 Å². The minimum absolute atomic E-state index is 1.10. The summed E-state index contributed by atoms with van der Waals surface area (Å²) in [5, 5.41) is 3.08. The summed E-state index contributed by atoms with van der Waals surface area (Å²) >= 11 is 1.73. The van der Waals surface area contributed by atoms with Crippen molar-refractivity contribution in [2.75, 3.05) is 5.75 Å². The van der Waals surface area contributed by atoms with Crippen LogP contribution in [0.2, 0.25) is 0 Å². The molecule has 0 spiro atoms. The first-order valence-electron chi connectivity index (χ1n) is 2.60. The van der Waals surface area contributed by atoms with Crippen molar-refractivity contribution in [3.05, 3.63) is 11.5 Å². The molecule has 7 heavy (non-hydrogen) atoms. The van der Waals surface area contributed by atoms with Gasteiger partial charge in [0.2, 0.25) is 0 Å². The molecule has 0 aliphatic heterocycles. The second kappa shape index (κ2) is 6.09. The van der Waals surface area contributed by atoms with Crippen molar-refractivity contribution in [2.24, 2.45) is 0 Å². The number of hydrogen-bond donors (Lipinski definition) is 0. The molecular formula is C6H11S. The number of hydrogen-bond acceptors (Lipinski definition) is 1. The Morgan fingerprint density at radius 2 is 2.29 bits per heavy atom. The van der Waals surface area contributed by atoms with Crippen molar-refractivity contribution in [3.63, 3.8) is 0 Å². The van der Waals surface area contributed by atoms with Crippen LogP contribution in [0.3, 0.4) is 0 Å². The van der Waals surface area contributed by atoms with Crippen molar-refractivity contribution in [1.82, 2.24) is 0 Å². The van der Waals surface area contributed by atoms with Crippen LogP contribution >= 0.6 is 11.8 Å². The average molecular weight is 115 g/mol. The summed E-state index contributed by atoms with van der Waals surface area (Å²) in [5.74, 6) is 1.14. The fourth-order valence-corrected chi connectivity index (χ4v) is 0.677. The SMILES string of the molecule is CC/C=[C]\SCC. The largest absolute Gasteiger partial charge is 0.126 e. The van der Waals surface area contributed by atoms with Gasteiger partial charge in [0.05, 0.1) is 0 Å². The van der Waals surface area contributed by atoms with Gasteiger partial charge in [0.1, 0.15) is 0 Å². The molecule has 41 valence electrons. The van der Waals surface area contributed by atoms with Gasteiger partial charge in [0, 0.05) is 5.41 Å². The Hall–Kier alpha value is 0.0900. The Bertz CT molecular complexity index is 48.1. The first-order valence-corrected chi connectivity index (χ1v) is 3.59. The van der Waals surface area contributed by atoms with Crippen LogP contribution in [0.25, 0.3) is 0 Å². The lowest BCUT2D eigenvalue weighted by Gasteiger charge is -1.78. The van der Waals surface area contributed by atoms with Gasteiger partial charge in [-0.05, 0) is 12.2 Å². The molecule has 0 saturated heterocycles. The van der Waals surface area contributed by atoms with Crippen LogP contribution in [0.15, 0.2) is 6.08 Å². The summed E-state index contributed by atoms with van der Waals surface area (Å²) in [6, 6.07) is 0. The number of thioether (sulfide) groups is 1. The van der Waals surface area contributed by atoms with E-state index in [9.17, 15) is 0 Å². The summed E-state index contributed by atoms with van der Waals surface area (Å²) in [5.41, 5.74) is 0. The zero-order valence-corrected chi connectivity index (χ0v) is 5.72. The monoisotopic (exact) mass is 115 g/mol. The van der Waals surface area contributed by atoms with E-state index < -0.39 is 0 Å². The predicted molar refractivity (Wildman–Crippen MR) is 36.2 cm³/mol. The van der Waals surface area contributed by atoms with Crippen molar-refractivity contribution >= 4 is 11.8 Å². The molecule has 1 radical (unpaired) electrons. The van der Waals surface area contributed by atoms with Crippen LogP contribution in [0.5, 0.6) is 0 Å². The lowest BCUT2D eigenvalue weighted by Crippen LogP contribution is -1.57. The highest BCUT2D eigenvalue weighted by molar-refractivity contribution is 8.00. The lowest BCUT2D eigenvalue weighted by molar-refractivity contribution is 1.22. The third kappa shape index (κ3) is 6.09. The van der Waals surface area contributed by atoms with Gasteiger partial charge in [-0.3, -0.25) is 0 Å². The van der Waals surface area contributed by atoms with Gasteiger partial charge in [-0.2, -0.15) is 0 Å². The van der Waals surface area contributed by atoms with Gasteiger partial charge in [-0.15, -0.1) is 11.8 Å². The molecule has 0 amide bonds. The van der Waals surface area contributed by atoms with Crippen LogP contribution in [0.4, 0.5) is 0 Å². The summed E-state index contributed by atoms with van der Waals surface area (Å²) in [4.78, 5) is 0. The minimum atomic E-state index is 1.10. The van der Waals surface area contributed by atoms with Crippen LogP contribution < -0.4 is 0 Å². The maximum absolute atomic E-state index is 3.08. The summed E-state index contributed by atoms with van der Waals surface area (Å²) in [7, 11) is 0. The van der Waals surface area contributed by atoms with E-state index in [1.54, 1.807) is 11.8 Å². The first kappa shape index (κ1) is 7.09. The van der Waals surface area contributed by atoms with E-state index >= 15 is 0 Å². The van der Waals surface area contributed by atoms with Gasteiger partial charge in [-0.25, -0.2) is 0 Å². The van der Waals surface area contributed by atoms with Crippen molar-refractivity contribution in [2.45, 2.75) is 20.3 Å². The van der Waals surface area contributed by atoms with Crippen LogP contribution in [0.1, 0.15) is 20.3 Å². The molecule has 0 fully saturated rings. The second-order valence-electron chi connectivity index (χ2n) is 1.16. The normalized spacial score (nSPS) is 10.6. The molecule has 0 aliphatic carbocycles. The fourth-order valence-electron chi connectivity index (χ4n) is 0.226. The molecule has 0 saturated carbocycles. The minimum Gasteiger partial charge on any atom is -0.126 e. The topological polar surface area (TPSA) is 0 Å². The molecule has 0 unspecified atom stereocenters. The maximum atomic E-state index is 3.08. The quantitative estimate of drug-likeness (QED) is 0.544. The van der Waals surface area contributed by atoms with Gasteiger partial charge in [-0.1, -0.05) is 19.9 Å². The fraction of sp³-hybridized carbons (Fsp3) is 0.667. The van der Waals surface area contributed by atoms with E-state index in [1.807, 2.05) is 6.08 Å². The van der Waals surface area contributed by atoms with E-state index in [0.717, 1.165) is 12.2 Å². The van der Waals surface area contributed by atoms with Gasteiger partial charge >= 0.3 is 0 Å². The highest BCUT2D eigenvalue weighted by atomic mass is 32.2. The molecule has 0 aromatic heterocycles. The van der Waals surface area contributed by atoms with Gasteiger partial charge < -0.3 is 0 Å². The Morgan fingerprint density at radius 1 is 1.57 bits per heavy atom. The van der Waals surface area contributed by atoms with E-state index in [2.05, 4.69) is 19.3 Å². The Morgan fingerprint density at radius 3 is 2.71 bits per heavy atom. The summed E-state index contributed by atoms with van der Waals surface area (Å²) in [6.07, 6.45) is 3.15. The maximum Gasteiger partial charge on any atom is 0.0165 e. The molecule has 0 rings (SSSR count). The Labute approximate surface area is 50.0 Å². The van der Waals surface area contributed by atoms with Gasteiger partial charge in [0.15, 0.2) is 0 Å². The summed E-state index contributed by atoms with van der Waals surface area (Å²) < 4.78 is 0. The average Bonchev–Trinajstić information content (AvgIpc) is 1.69. The molecule has 0 aliphatic rings. The third-order valence-corrected chi connectivity index (χ3v) is 1.14. The summed E-state index contributed by atoms with van der Waals surface area (Å²) in [6.45, 7) is 4.24. The zero-order valence-electron chi connectivity index (χ0n) is 4.90. The smallest absolute Gasteiger partial charge is 0.0165 e. The first-order chi connectivity index (χ1) is 3.41. The highest BCUT2D eigenvalue weighted by Gasteiger charge is 1.69. The molecule has 0 atom stereocenters. The highest BCUT2D eigenvalue weighted by Crippen LogP contribution is 1.98.